The average molecular weight is 339 g/mol. The van der Waals surface area contributed by atoms with Crippen LogP contribution in [0.1, 0.15) is 10.4 Å². The van der Waals surface area contributed by atoms with Crippen LogP contribution in [0.4, 0.5) is 0 Å². The Balaban J connectivity index is 2.10. The molecular weight excluding hydrogens is 322 g/mol. The fourth-order valence-electron chi connectivity index (χ4n) is 2.56. The zero-order valence-electron chi connectivity index (χ0n) is 13.4. The minimum Gasteiger partial charge on any atom is -0.496 e. The molecule has 0 saturated heterocycles. The number of aromatic nitrogens is 1. The van der Waals surface area contributed by atoms with Crippen molar-refractivity contribution in [1.82, 2.24) is 4.98 Å². The standard InChI is InChI=1S/C19H17NO3S/c1-12-10-14(8-9-15(12)23-2)18-16(11-17(21)22)24-19(20-18)13-6-4-3-5-7-13/h3-10H,11H2,1-2H3,(H,21,22). The minimum atomic E-state index is -0.857. The molecule has 3 rings (SSSR count). The van der Waals surface area contributed by atoms with Gasteiger partial charge in [-0.15, -0.1) is 11.3 Å². The number of carboxylic acids is 1. The van der Waals surface area contributed by atoms with Crippen molar-refractivity contribution in [2.45, 2.75) is 13.3 Å². The molecule has 5 heteroatoms. The maximum atomic E-state index is 11.2. The van der Waals surface area contributed by atoms with Crippen LogP contribution in [0.5, 0.6) is 5.75 Å². The summed E-state index contributed by atoms with van der Waals surface area (Å²) in [5.74, 6) is -0.0539. The normalized spacial score (nSPS) is 10.6. The van der Waals surface area contributed by atoms with Gasteiger partial charge in [-0.3, -0.25) is 4.79 Å². The molecule has 0 fully saturated rings. The number of methoxy groups -OCH3 is 1. The van der Waals surface area contributed by atoms with E-state index in [1.165, 1.54) is 11.3 Å². The quantitative estimate of drug-likeness (QED) is 0.747. The summed E-state index contributed by atoms with van der Waals surface area (Å²) in [4.78, 5) is 16.7. The van der Waals surface area contributed by atoms with Gasteiger partial charge in [0.1, 0.15) is 10.8 Å². The summed E-state index contributed by atoms with van der Waals surface area (Å²) in [6, 6.07) is 15.6. The number of hydrogen-bond donors (Lipinski definition) is 1. The Morgan fingerprint density at radius 3 is 2.54 bits per heavy atom. The number of nitrogens with zero attached hydrogens (tertiary/aromatic N) is 1. The number of aliphatic carboxylic acids is 1. The number of carbonyl (C=O) groups is 1. The van der Waals surface area contributed by atoms with Gasteiger partial charge in [-0.25, -0.2) is 4.98 Å². The summed E-state index contributed by atoms with van der Waals surface area (Å²) in [6.07, 6.45) is -0.0368. The molecule has 1 heterocycles. The van der Waals surface area contributed by atoms with Crippen molar-refractivity contribution in [3.63, 3.8) is 0 Å². The Labute approximate surface area is 144 Å². The number of hydrogen-bond acceptors (Lipinski definition) is 4. The van der Waals surface area contributed by atoms with Gasteiger partial charge < -0.3 is 9.84 Å². The lowest BCUT2D eigenvalue weighted by Gasteiger charge is -2.07. The van der Waals surface area contributed by atoms with Gasteiger partial charge in [0.15, 0.2) is 0 Å². The van der Waals surface area contributed by atoms with Crippen LogP contribution in [0.2, 0.25) is 0 Å². The molecule has 1 aromatic heterocycles. The largest absolute Gasteiger partial charge is 0.496 e. The van der Waals surface area contributed by atoms with E-state index in [1.54, 1.807) is 7.11 Å². The minimum absolute atomic E-state index is 0.0368. The van der Waals surface area contributed by atoms with Crippen LogP contribution in [0.3, 0.4) is 0 Å². The summed E-state index contributed by atoms with van der Waals surface area (Å²) in [6.45, 7) is 1.96. The Morgan fingerprint density at radius 2 is 1.92 bits per heavy atom. The second-order valence-electron chi connectivity index (χ2n) is 5.41. The van der Waals surface area contributed by atoms with Crippen molar-refractivity contribution in [1.29, 1.82) is 0 Å². The Hall–Kier alpha value is -2.66. The lowest BCUT2D eigenvalue weighted by Crippen LogP contribution is -1.99. The van der Waals surface area contributed by atoms with E-state index in [4.69, 9.17) is 9.72 Å². The molecule has 0 unspecified atom stereocenters. The van der Waals surface area contributed by atoms with Crippen LogP contribution in [-0.2, 0) is 11.2 Å². The second kappa shape index (κ2) is 6.84. The number of benzene rings is 2. The Bertz CT molecular complexity index is 872. The zero-order chi connectivity index (χ0) is 17.1. The van der Waals surface area contributed by atoms with Crippen molar-refractivity contribution in [2.24, 2.45) is 0 Å². The maximum Gasteiger partial charge on any atom is 0.308 e. The van der Waals surface area contributed by atoms with Crippen LogP contribution in [0.15, 0.2) is 48.5 Å². The molecule has 3 aromatic rings. The molecule has 24 heavy (non-hydrogen) atoms. The molecule has 2 aromatic carbocycles. The number of carboxylic acid groups (broad SMARTS) is 1. The highest BCUT2D eigenvalue weighted by Crippen LogP contribution is 2.35. The van der Waals surface area contributed by atoms with Gasteiger partial charge in [-0.2, -0.15) is 0 Å². The molecule has 0 atom stereocenters. The van der Waals surface area contributed by atoms with Crippen molar-refractivity contribution in [3.8, 4) is 27.6 Å². The molecule has 0 aliphatic heterocycles. The highest BCUT2D eigenvalue weighted by molar-refractivity contribution is 7.15. The molecule has 0 amide bonds. The molecule has 0 bridgehead atoms. The molecular formula is C19H17NO3S. The SMILES string of the molecule is COc1ccc(-c2nc(-c3ccccc3)sc2CC(=O)O)cc1C. The molecule has 4 nitrogen and oxygen atoms in total. The van der Waals surface area contributed by atoms with Gasteiger partial charge in [-0.1, -0.05) is 30.3 Å². The van der Waals surface area contributed by atoms with Crippen molar-refractivity contribution >= 4 is 17.3 Å². The number of ether oxygens (including phenoxy) is 1. The molecule has 1 N–H and O–H groups in total. The fraction of sp³-hybridized carbons (Fsp3) is 0.158. The molecule has 0 aliphatic rings. The van der Waals surface area contributed by atoms with Crippen LogP contribution in [0, 0.1) is 6.92 Å². The van der Waals surface area contributed by atoms with E-state index >= 15 is 0 Å². The van der Waals surface area contributed by atoms with E-state index in [2.05, 4.69) is 0 Å². The second-order valence-corrected chi connectivity index (χ2v) is 6.50. The van der Waals surface area contributed by atoms with Gasteiger partial charge in [0.2, 0.25) is 0 Å². The van der Waals surface area contributed by atoms with E-state index in [0.29, 0.717) is 0 Å². The van der Waals surface area contributed by atoms with Crippen LogP contribution in [-0.4, -0.2) is 23.2 Å². The van der Waals surface area contributed by atoms with Gasteiger partial charge in [-0.05, 0) is 30.7 Å². The molecule has 0 radical (unpaired) electrons. The maximum absolute atomic E-state index is 11.2. The Kier molecular flexibility index (Phi) is 4.62. The third-order valence-corrected chi connectivity index (χ3v) is 4.80. The third kappa shape index (κ3) is 3.31. The summed E-state index contributed by atoms with van der Waals surface area (Å²) < 4.78 is 5.29. The molecule has 0 spiro atoms. The van der Waals surface area contributed by atoms with E-state index in [1.807, 2.05) is 55.5 Å². The fourth-order valence-corrected chi connectivity index (χ4v) is 3.64. The molecule has 0 saturated carbocycles. The van der Waals surface area contributed by atoms with Crippen LogP contribution < -0.4 is 4.74 Å². The van der Waals surface area contributed by atoms with Gasteiger partial charge in [0.25, 0.3) is 0 Å². The summed E-state index contributed by atoms with van der Waals surface area (Å²) in [7, 11) is 1.63. The highest BCUT2D eigenvalue weighted by atomic mass is 32.1. The first-order valence-corrected chi connectivity index (χ1v) is 8.32. The monoisotopic (exact) mass is 339 g/mol. The number of rotatable bonds is 5. The first-order valence-electron chi connectivity index (χ1n) is 7.50. The highest BCUT2D eigenvalue weighted by Gasteiger charge is 2.17. The van der Waals surface area contributed by atoms with Crippen molar-refractivity contribution < 1.29 is 14.6 Å². The first kappa shape index (κ1) is 16.2. The number of aryl methyl sites for hydroxylation is 1. The van der Waals surface area contributed by atoms with E-state index in [9.17, 15) is 9.90 Å². The smallest absolute Gasteiger partial charge is 0.308 e. The zero-order valence-corrected chi connectivity index (χ0v) is 14.3. The molecule has 0 aliphatic carbocycles. The van der Waals surface area contributed by atoms with Gasteiger partial charge >= 0.3 is 5.97 Å². The van der Waals surface area contributed by atoms with E-state index < -0.39 is 5.97 Å². The van der Waals surface area contributed by atoms with Crippen LogP contribution >= 0.6 is 11.3 Å². The number of thiazole rings is 1. The average Bonchev–Trinajstić information content (AvgIpc) is 2.98. The lowest BCUT2D eigenvalue weighted by atomic mass is 10.1. The third-order valence-electron chi connectivity index (χ3n) is 3.70. The predicted molar refractivity (Wildman–Crippen MR) is 95.6 cm³/mol. The lowest BCUT2D eigenvalue weighted by molar-refractivity contribution is -0.136. The van der Waals surface area contributed by atoms with E-state index in [-0.39, 0.29) is 6.42 Å². The Morgan fingerprint density at radius 1 is 1.17 bits per heavy atom. The van der Waals surface area contributed by atoms with Crippen LogP contribution in [0.25, 0.3) is 21.8 Å². The van der Waals surface area contributed by atoms with Gasteiger partial charge in [0.05, 0.1) is 19.2 Å². The molecule has 122 valence electrons. The first-order chi connectivity index (χ1) is 11.6. The topological polar surface area (TPSA) is 59.4 Å². The summed E-state index contributed by atoms with van der Waals surface area (Å²) in [5.41, 5.74) is 3.62. The summed E-state index contributed by atoms with van der Waals surface area (Å²) >= 11 is 1.43. The predicted octanol–water partition coefficient (Wildman–Crippen LogP) is 4.42. The summed E-state index contributed by atoms with van der Waals surface area (Å²) in [5, 5.41) is 10.0. The van der Waals surface area contributed by atoms with Crippen molar-refractivity contribution in [3.05, 3.63) is 59.0 Å². The van der Waals surface area contributed by atoms with E-state index in [0.717, 1.165) is 38.0 Å². The van der Waals surface area contributed by atoms with Crippen molar-refractivity contribution in [2.75, 3.05) is 7.11 Å². The van der Waals surface area contributed by atoms with Gasteiger partial charge in [0, 0.05) is 16.0 Å².